The van der Waals surface area contributed by atoms with Gasteiger partial charge in [0, 0.05) is 13.1 Å². The van der Waals surface area contributed by atoms with Crippen molar-refractivity contribution in [1.82, 2.24) is 10.2 Å². The van der Waals surface area contributed by atoms with Crippen LogP contribution in [0.3, 0.4) is 0 Å². The van der Waals surface area contributed by atoms with E-state index in [0.717, 1.165) is 32.1 Å². The van der Waals surface area contributed by atoms with E-state index in [1.54, 1.807) is 43.3 Å². The van der Waals surface area contributed by atoms with Gasteiger partial charge in [0.2, 0.25) is 11.8 Å². The summed E-state index contributed by atoms with van der Waals surface area (Å²) < 4.78 is 29.0. The average Bonchev–Trinajstić information content (AvgIpc) is 2.88. The van der Waals surface area contributed by atoms with Gasteiger partial charge in [0.1, 0.15) is 12.6 Å². The molecule has 0 radical (unpaired) electrons. The van der Waals surface area contributed by atoms with Crippen molar-refractivity contribution in [2.24, 2.45) is 0 Å². The molecule has 202 valence electrons. The van der Waals surface area contributed by atoms with Crippen molar-refractivity contribution < 1.29 is 18.0 Å². The van der Waals surface area contributed by atoms with Gasteiger partial charge in [-0.15, -0.1) is 0 Å². The van der Waals surface area contributed by atoms with Gasteiger partial charge in [-0.2, -0.15) is 0 Å². The number of anilines is 1. The van der Waals surface area contributed by atoms with Crippen molar-refractivity contribution in [3.8, 4) is 0 Å². The SMILES string of the molecule is CCNC(=O)C(C)N(Cc1ccc(C)cc1)C(=O)CN(c1cccc(C)c1C)S(=O)(=O)c1ccc(C)cc1. The van der Waals surface area contributed by atoms with E-state index in [1.807, 2.05) is 65.0 Å². The average molecular weight is 536 g/mol. The fourth-order valence-electron chi connectivity index (χ4n) is 4.15. The van der Waals surface area contributed by atoms with Crippen LogP contribution in [-0.4, -0.2) is 44.3 Å². The largest absolute Gasteiger partial charge is 0.355 e. The lowest BCUT2D eigenvalue weighted by Gasteiger charge is -2.32. The zero-order chi connectivity index (χ0) is 28.0. The van der Waals surface area contributed by atoms with Crippen LogP contribution in [0.5, 0.6) is 0 Å². The molecular formula is C30H37N3O4S. The summed E-state index contributed by atoms with van der Waals surface area (Å²) in [7, 11) is -4.09. The van der Waals surface area contributed by atoms with E-state index in [-0.39, 0.29) is 17.3 Å². The Bertz CT molecular complexity index is 1380. The fourth-order valence-corrected chi connectivity index (χ4v) is 5.62. The zero-order valence-corrected chi connectivity index (χ0v) is 23.8. The van der Waals surface area contributed by atoms with Gasteiger partial charge in [0.15, 0.2) is 0 Å². The number of likely N-dealkylation sites (N-methyl/N-ethyl adjacent to an activating group) is 1. The summed E-state index contributed by atoms with van der Waals surface area (Å²) in [6, 6.07) is 18.9. The van der Waals surface area contributed by atoms with Crippen LogP contribution < -0.4 is 9.62 Å². The summed E-state index contributed by atoms with van der Waals surface area (Å²) >= 11 is 0. The Morgan fingerprint density at radius 3 is 2.03 bits per heavy atom. The zero-order valence-electron chi connectivity index (χ0n) is 23.0. The third-order valence-electron chi connectivity index (χ3n) is 6.72. The summed E-state index contributed by atoms with van der Waals surface area (Å²) in [4.78, 5) is 28.3. The van der Waals surface area contributed by atoms with E-state index < -0.39 is 28.5 Å². The minimum atomic E-state index is -4.09. The summed E-state index contributed by atoms with van der Waals surface area (Å²) in [5.41, 5.74) is 4.95. The topological polar surface area (TPSA) is 86.8 Å². The van der Waals surface area contributed by atoms with Gasteiger partial charge in [-0.25, -0.2) is 8.42 Å². The molecule has 1 N–H and O–H groups in total. The molecule has 3 rings (SSSR count). The summed E-state index contributed by atoms with van der Waals surface area (Å²) in [5.74, 6) is -0.770. The second-order valence-corrected chi connectivity index (χ2v) is 11.5. The molecule has 0 aromatic heterocycles. The molecule has 7 nitrogen and oxygen atoms in total. The van der Waals surface area contributed by atoms with Gasteiger partial charge < -0.3 is 10.2 Å². The fraction of sp³-hybridized carbons (Fsp3) is 0.333. The van der Waals surface area contributed by atoms with Gasteiger partial charge in [-0.1, -0.05) is 59.7 Å². The quantitative estimate of drug-likeness (QED) is 0.409. The van der Waals surface area contributed by atoms with Crippen molar-refractivity contribution in [1.29, 1.82) is 0 Å². The first-order chi connectivity index (χ1) is 17.9. The highest BCUT2D eigenvalue weighted by Crippen LogP contribution is 2.29. The van der Waals surface area contributed by atoms with Crippen LogP contribution in [0.2, 0.25) is 0 Å². The van der Waals surface area contributed by atoms with Crippen LogP contribution in [0.25, 0.3) is 0 Å². The number of benzene rings is 3. The van der Waals surface area contributed by atoms with Crippen molar-refractivity contribution >= 4 is 27.5 Å². The summed E-state index contributed by atoms with van der Waals surface area (Å²) in [5, 5.41) is 2.77. The molecule has 0 spiro atoms. The molecule has 3 aromatic rings. The first-order valence-electron chi connectivity index (χ1n) is 12.7. The third-order valence-corrected chi connectivity index (χ3v) is 8.50. The summed E-state index contributed by atoms with van der Waals surface area (Å²) in [6.45, 7) is 11.2. The van der Waals surface area contributed by atoms with Crippen LogP contribution in [-0.2, 0) is 26.2 Å². The molecule has 0 saturated heterocycles. The Labute approximate surface area is 226 Å². The highest BCUT2D eigenvalue weighted by Gasteiger charge is 2.33. The third kappa shape index (κ3) is 6.61. The van der Waals surface area contributed by atoms with Gasteiger partial charge >= 0.3 is 0 Å². The molecule has 2 amide bonds. The molecule has 0 heterocycles. The molecule has 0 aliphatic rings. The molecule has 0 aliphatic heterocycles. The molecule has 0 aliphatic carbocycles. The molecule has 38 heavy (non-hydrogen) atoms. The Morgan fingerprint density at radius 1 is 0.868 bits per heavy atom. The Hall–Kier alpha value is -3.65. The van der Waals surface area contributed by atoms with Crippen molar-refractivity contribution in [2.75, 3.05) is 17.4 Å². The van der Waals surface area contributed by atoms with Crippen LogP contribution in [0.15, 0.2) is 71.6 Å². The van der Waals surface area contributed by atoms with Gasteiger partial charge in [-0.3, -0.25) is 13.9 Å². The first kappa shape index (κ1) is 28.9. The highest BCUT2D eigenvalue weighted by molar-refractivity contribution is 7.92. The van der Waals surface area contributed by atoms with Crippen LogP contribution >= 0.6 is 0 Å². The number of hydrogen-bond acceptors (Lipinski definition) is 4. The smallest absolute Gasteiger partial charge is 0.264 e. The van der Waals surface area contributed by atoms with Crippen molar-refractivity contribution in [3.63, 3.8) is 0 Å². The molecule has 1 unspecified atom stereocenters. The van der Waals surface area contributed by atoms with E-state index in [2.05, 4.69) is 5.32 Å². The molecule has 0 saturated carbocycles. The number of hydrogen-bond donors (Lipinski definition) is 1. The van der Waals surface area contributed by atoms with E-state index in [4.69, 9.17) is 0 Å². The van der Waals surface area contributed by atoms with Crippen LogP contribution in [0.4, 0.5) is 5.69 Å². The molecule has 8 heteroatoms. The maximum Gasteiger partial charge on any atom is 0.264 e. The van der Waals surface area contributed by atoms with E-state index in [0.29, 0.717) is 12.2 Å². The number of nitrogens with one attached hydrogen (secondary N) is 1. The number of carbonyl (C=O) groups is 2. The Kier molecular flexibility index (Phi) is 9.33. The van der Waals surface area contributed by atoms with Crippen molar-refractivity contribution in [3.05, 3.63) is 94.5 Å². The normalized spacial score (nSPS) is 12.1. The lowest BCUT2D eigenvalue weighted by atomic mass is 10.1. The standard InChI is InChI=1S/C30H37N3O4S/c1-7-31-30(35)25(6)32(19-26-15-11-21(2)12-16-26)29(34)20-33(28-10-8-9-23(4)24(28)5)38(36,37)27-17-13-22(3)14-18-27/h8-18,25H,7,19-20H2,1-6H3,(H,31,35). The number of rotatable bonds is 10. The van der Waals surface area contributed by atoms with Gasteiger partial charge in [0.05, 0.1) is 10.6 Å². The van der Waals surface area contributed by atoms with Gasteiger partial charge in [0.25, 0.3) is 10.0 Å². The Morgan fingerprint density at radius 2 is 1.45 bits per heavy atom. The maximum atomic E-state index is 13.9. The molecule has 1 atom stereocenters. The van der Waals surface area contributed by atoms with E-state index in [9.17, 15) is 18.0 Å². The van der Waals surface area contributed by atoms with Crippen LogP contribution in [0.1, 0.15) is 41.7 Å². The summed E-state index contributed by atoms with van der Waals surface area (Å²) in [6.07, 6.45) is 0. The predicted molar refractivity (Wildman–Crippen MR) is 152 cm³/mol. The minimum Gasteiger partial charge on any atom is -0.355 e. The second-order valence-electron chi connectivity index (χ2n) is 9.62. The lowest BCUT2D eigenvalue weighted by molar-refractivity contribution is -0.139. The molecule has 3 aromatic carbocycles. The van der Waals surface area contributed by atoms with E-state index >= 15 is 0 Å². The van der Waals surface area contributed by atoms with Crippen molar-refractivity contribution in [2.45, 2.75) is 59.0 Å². The monoisotopic (exact) mass is 535 g/mol. The molecule has 0 fully saturated rings. The highest BCUT2D eigenvalue weighted by atomic mass is 32.2. The lowest BCUT2D eigenvalue weighted by Crippen LogP contribution is -2.51. The predicted octanol–water partition coefficient (Wildman–Crippen LogP) is 4.67. The first-order valence-corrected chi connectivity index (χ1v) is 14.2. The Balaban J connectivity index is 2.07. The maximum absolute atomic E-state index is 13.9. The number of nitrogens with zero attached hydrogens (tertiary/aromatic N) is 2. The minimum absolute atomic E-state index is 0.0960. The van der Waals surface area contributed by atoms with Crippen LogP contribution in [0, 0.1) is 27.7 Å². The molecule has 0 bridgehead atoms. The van der Waals surface area contributed by atoms with E-state index in [1.165, 1.54) is 4.90 Å². The number of sulfonamides is 1. The number of carbonyl (C=O) groups excluding carboxylic acids is 2. The van der Waals surface area contributed by atoms with Gasteiger partial charge in [-0.05, 0) is 76.4 Å². The number of amides is 2. The number of aryl methyl sites for hydroxylation is 3. The second kappa shape index (κ2) is 12.3. The molecular weight excluding hydrogens is 498 g/mol.